The molecule has 0 saturated heterocycles. The molecular weight excluding hydrogens is 541 g/mol. The van der Waals surface area contributed by atoms with Crippen LogP contribution in [0.5, 0.6) is 11.5 Å². The van der Waals surface area contributed by atoms with Gasteiger partial charge in [-0.15, -0.1) is 0 Å². The summed E-state index contributed by atoms with van der Waals surface area (Å²) in [6, 6.07) is 15.2. The van der Waals surface area contributed by atoms with Crippen LogP contribution >= 0.6 is 15.9 Å². The van der Waals surface area contributed by atoms with E-state index in [-0.39, 0.29) is 16.8 Å². The van der Waals surface area contributed by atoms with Gasteiger partial charge < -0.3 is 13.9 Å². The summed E-state index contributed by atoms with van der Waals surface area (Å²) in [6.07, 6.45) is 3.07. The fourth-order valence-electron chi connectivity index (χ4n) is 4.64. The monoisotopic (exact) mass is 565 g/mol. The van der Waals surface area contributed by atoms with Gasteiger partial charge in [0.1, 0.15) is 11.4 Å². The molecule has 2 heterocycles. The van der Waals surface area contributed by atoms with Crippen LogP contribution in [-0.4, -0.2) is 19.6 Å². The largest absolute Gasteiger partial charge is 0.493 e. The second kappa shape index (κ2) is 10.4. The lowest BCUT2D eigenvalue weighted by Crippen LogP contribution is -2.29. The Hall–Kier alpha value is -3.65. The fraction of sp³-hybridized carbons (Fsp3) is 0.241. The van der Waals surface area contributed by atoms with Crippen LogP contribution in [0.25, 0.3) is 11.0 Å². The molecule has 0 N–H and O–H groups in total. The number of methoxy groups -OCH3 is 1. The second-order valence-electron chi connectivity index (χ2n) is 8.83. The van der Waals surface area contributed by atoms with Crippen LogP contribution in [0.1, 0.15) is 53.9 Å². The molecule has 3 aromatic carbocycles. The molecule has 6 nitrogen and oxygen atoms in total. The minimum Gasteiger partial charge on any atom is -0.493 e. The Morgan fingerprint density at radius 1 is 1.00 bits per heavy atom. The average molecular weight is 566 g/mol. The van der Waals surface area contributed by atoms with E-state index in [9.17, 15) is 14.0 Å². The first-order valence-corrected chi connectivity index (χ1v) is 12.9. The number of benzene rings is 3. The predicted molar refractivity (Wildman–Crippen MR) is 143 cm³/mol. The molecule has 1 aromatic heterocycles. The van der Waals surface area contributed by atoms with Gasteiger partial charge >= 0.3 is 0 Å². The highest BCUT2D eigenvalue weighted by atomic mass is 79.9. The molecule has 37 heavy (non-hydrogen) atoms. The molecule has 1 aliphatic heterocycles. The van der Waals surface area contributed by atoms with E-state index in [1.54, 1.807) is 37.4 Å². The van der Waals surface area contributed by atoms with E-state index in [1.807, 2.05) is 6.07 Å². The third-order valence-electron chi connectivity index (χ3n) is 6.45. The van der Waals surface area contributed by atoms with E-state index >= 15 is 0 Å². The number of fused-ring (bicyclic) bond motifs is 2. The van der Waals surface area contributed by atoms with E-state index < -0.39 is 17.8 Å². The molecule has 8 heteroatoms. The van der Waals surface area contributed by atoms with Crippen molar-refractivity contribution in [2.24, 2.45) is 0 Å². The third-order valence-corrected chi connectivity index (χ3v) is 6.94. The number of carbonyl (C=O) groups is 1. The molecule has 0 saturated carbocycles. The number of hydrogen-bond acceptors (Lipinski definition) is 5. The predicted octanol–water partition coefficient (Wildman–Crippen LogP) is 7.02. The SMILES string of the molecule is CCCCCOc1ccc(C2c3c(oc4ccc(Br)cc4c3=O)C(=O)N2c2ccc(F)cc2)cc1OC. The smallest absolute Gasteiger partial charge is 0.295 e. The molecule has 0 fully saturated rings. The number of amides is 1. The summed E-state index contributed by atoms with van der Waals surface area (Å²) in [5.41, 5.74) is 1.30. The summed E-state index contributed by atoms with van der Waals surface area (Å²) in [5.74, 6) is 0.123. The van der Waals surface area contributed by atoms with Gasteiger partial charge in [-0.3, -0.25) is 14.5 Å². The number of halogens is 2. The summed E-state index contributed by atoms with van der Waals surface area (Å²) < 4.78 is 32.0. The van der Waals surface area contributed by atoms with Gasteiger partial charge in [-0.05, 0) is 66.6 Å². The van der Waals surface area contributed by atoms with Crippen molar-refractivity contribution in [1.29, 1.82) is 0 Å². The number of nitrogens with zero attached hydrogens (tertiary/aromatic N) is 1. The molecule has 0 bridgehead atoms. The Morgan fingerprint density at radius 3 is 2.51 bits per heavy atom. The van der Waals surface area contributed by atoms with Gasteiger partial charge in [0.15, 0.2) is 16.9 Å². The number of ether oxygens (including phenoxy) is 2. The molecule has 1 atom stereocenters. The zero-order valence-corrected chi connectivity index (χ0v) is 22.0. The minimum atomic E-state index is -0.810. The molecule has 0 aliphatic carbocycles. The van der Waals surface area contributed by atoms with Gasteiger partial charge in [0.2, 0.25) is 5.76 Å². The topological polar surface area (TPSA) is 69.0 Å². The van der Waals surface area contributed by atoms with Crippen molar-refractivity contribution in [3.05, 3.63) is 98.1 Å². The van der Waals surface area contributed by atoms with Crippen molar-refractivity contribution < 1.29 is 23.1 Å². The number of hydrogen-bond donors (Lipinski definition) is 0. The summed E-state index contributed by atoms with van der Waals surface area (Å²) in [4.78, 5) is 28.9. The number of unbranched alkanes of at least 4 members (excludes halogenated alkanes) is 2. The fourth-order valence-corrected chi connectivity index (χ4v) is 5.00. The molecule has 1 unspecified atom stereocenters. The van der Waals surface area contributed by atoms with Gasteiger partial charge in [-0.1, -0.05) is 41.8 Å². The van der Waals surface area contributed by atoms with Gasteiger partial charge in [-0.2, -0.15) is 0 Å². The molecule has 1 aliphatic rings. The van der Waals surface area contributed by atoms with Crippen LogP contribution in [-0.2, 0) is 0 Å². The van der Waals surface area contributed by atoms with E-state index in [2.05, 4.69) is 22.9 Å². The summed E-state index contributed by atoms with van der Waals surface area (Å²) in [6.45, 7) is 2.68. The molecule has 0 radical (unpaired) electrons. The minimum absolute atomic E-state index is 0.0343. The average Bonchev–Trinajstić information content (AvgIpc) is 3.20. The quantitative estimate of drug-likeness (QED) is 0.215. The van der Waals surface area contributed by atoms with Crippen LogP contribution < -0.4 is 19.8 Å². The first-order chi connectivity index (χ1) is 17.9. The second-order valence-corrected chi connectivity index (χ2v) is 9.75. The third kappa shape index (κ3) is 4.62. The van der Waals surface area contributed by atoms with Gasteiger partial charge in [0.05, 0.1) is 30.7 Å². The number of anilines is 1. The van der Waals surface area contributed by atoms with Crippen molar-refractivity contribution in [2.75, 3.05) is 18.6 Å². The molecule has 4 aromatic rings. The Bertz CT molecular complexity index is 1530. The zero-order chi connectivity index (χ0) is 26.1. The van der Waals surface area contributed by atoms with Crippen molar-refractivity contribution in [1.82, 2.24) is 0 Å². The zero-order valence-electron chi connectivity index (χ0n) is 20.4. The Labute approximate surface area is 221 Å². The van der Waals surface area contributed by atoms with Crippen molar-refractivity contribution >= 4 is 38.5 Å². The Morgan fingerprint density at radius 2 is 1.78 bits per heavy atom. The molecule has 0 spiro atoms. The van der Waals surface area contributed by atoms with Crippen molar-refractivity contribution in [3.8, 4) is 11.5 Å². The van der Waals surface area contributed by atoms with Gasteiger partial charge in [0, 0.05) is 10.2 Å². The van der Waals surface area contributed by atoms with Gasteiger partial charge in [0.25, 0.3) is 5.91 Å². The highest BCUT2D eigenvalue weighted by molar-refractivity contribution is 9.10. The van der Waals surface area contributed by atoms with Crippen molar-refractivity contribution in [3.63, 3.8) is 0 Å². The van der Waals surface area contributed by atoms with Crippen LogP contribution in [0, 0.1) is 5.82 Å². The van der Waals surface area contributed by atoms with E-state index in [0.717, 1.165) is 23.7 Å². The van der Waals surface area contributed by atoms with E-state index in [4.69, 9.17) is 13.9 Å². The summed E-state index contributed by atoms with van der Waals surface area (Å²) in [5, 5.41) is 0.356. The highest BCUT2D eigenvalue weighted by Gasteiger charge is 2.44. The molecule has 1 amide bonds. The maximum absolute atomic E-state index is 13.8. The normalized spacial score (nSPS) is 14.8. The highest BCUT2D eigenvalue weighted by Crippen LogP contribution is 2.43. The van der Waals surface area contributed by atoms with Gasteiger partial charge in [-0.25, -0.2) is 4.39 Å². The number of carbonyl (C=O) groups excluding carboxylic acids is 1. The number of rotatable bonds is 8. The molecule has 190 valence electrons. The maximum atomic E-state index is 13.8. The lowest BCUT2D eigenvalue weighted by molar-refractivity contribution is 0.0971. The van der Waals surface area contributed by atoms with E-state index in [0.29, 0.717) is 40.3 Å². The molecule has 5 rings (SSSR count). The Kier molecular flexibility index (Phi) is 7.02. The Balaban J connectivity index is 1.67. The standard InChI is InChI=1S/C29H25BrFNO5/c1-3-4-5-14-36-23-12-6-17(15-24(23)35-2)26-25-27(33)21-16-18(30)7-13-22(21)37-28(25)29(34)32(26)20-10-8-19(31)9-11-20/h6-13,15-16,26H,3-5,14H2,1-2H3. The first-order valence-electron chi connectivity index (χ1n) is 12.1. The van der Waals surface area contributed by atoms with Crippen molar-refractivity contribution in [2.45, 2.75) is 32.2 Å². The summed E-state index contributed by atoms with van der Waals surface area (Å²) in [7, 11) is 1.54. The van der Waals surface area contributed by atoms with Crippen LogP contribution in [0.4, 0.5) is 10.1 Å². The van der Waals surface area contributed by atoms with E-state index in [1.165, 1.54) is 29.2 Å². The van der Waals surface area contributed by atoms with Crippen LogP contribution in [0.15, 0.2) is 74.3 Å². The van der Waals surface area contributed by atoms with Crippen LogP contribution in [0.2, 0.25) is 0 Å². The maximum Gasteiger partial charge on any atom is 0.295 e. The lowest BCUT2D eigenvalue weighted by Gasteiger charge is -2.26. The lowest BCUT2D eigenvalue weighted by atomic mass is 9.97. The first kappa shape index (κ1) is 25.0. The molecular formula is C29H25BrFNO5. The van der Waals surface area contributed by atoms with Crippen LogP contribution in [0.3, 0.4) is 0 Å². The summed E-state index contributed by atoms with van der Waals surface area (Å²) >= 11 is 3.41.